The molecule has 1 aliphatic heterocycles. The van der Waals surface area contributed by atoms with E-state index >= 15 is 0 Å². The first-order valence-corrected chi connectivity index (χ1v) is 6.68. The third-order valence-corrected chi connectivity index (χ3v) is 3.38. The van der Waals surface area contributed by atoms with Gasteiger partial charge in [-0.1, -0.05) is 18.3 Å². The lowest BCUT2D eigenvalue weighted by atomic mass is 9.94. The van der Waals surface area contributed by atoms with Crippen LogP contribution < -0.4 is 0 Å². The van der Waals surface area contributed by atoms with Crippen molar-refractivity contribution in [2.45, 2.75) is 63.6 Å². The second kappa shape index (κ2) is 5.58. The predicted molar refractivity (Wildman–Crippen MR) is 66.7 cm³/mol. The Morgan fingerprint density at radius 1 is 1.33 bits per heavy atom. The summed E-state index contributed by atoms with van der Waals surface area (Å²) >= 11 is 0. The Bertz CT molecular complexity index is 335. The molecule has 1 saturated heterocycles. The Hall–Kier alpha value is -0.600. The third kappa shape index (κ3) is 3.46. The van der Waals surface area contributed by atoms with Gasteiger partial charge in [0, 0.05) is 12.8 Å². The lowest BCUT2D eigenvalue weighted by Gasteiger charge is -2.33. The summed E-state index contributed by atoms with van der Waals surface area (Å²) in [5, 5.41) is 9.02. The Morgan fingerprint density at radius 2 is 2.06 bits per heavy atom. The number of hydrogen-bond donors (Lipinski definition) is 1. The minimum atomic E-state index is -0.704. The van der Waals surface area contributed by atoms with Gasteiger partial charge < -0.3 is 19.3 Å². The summed E-state index contributed by atoms with van der Waals surface area (Å²) in [4.78, 5) is 0. The van der Waals surface area contributed by atoms with Crippen LogP contribution in [0.15, 0.2) is 0 Å². The molecule has 0 aromatic carbocycles. The molecule has 4 nitrogen and oxygen atoms in total. The fraction of sp³-hybridized carbons (Fsp3) is 0.857. The van der Waals surface area contributed by atoms with Gasteiger partial charge in [-0.3, -0.25) is 0 Å². The molecule has 0 aromatic heterocycles. The van der Waals surface area contributed by atoms with Crippen LogP contribution in [0.4, 0.5) is 0 Å². The predicted octanol–water partition coefficient (Wildman–Crippen LogP) is 1.81. The van der Waals surface area contributed by atoms with Gasteiger partial charge in [0.1, 0.15) is 19.3 Å². The molecule has 0 radical (unpaired) electrons. The van der Waals surface area contributed by atoms with Gasteiger partial charge in [0.15, 0.2) is 11.6 Å². The second-order valence-electron chi connectivity index (χ2n) is 5.28. The quantitative estimate of drug-likeness (QED) is 0.763. The smallest absolute Gasteiger partial charge is 0.193 e. The molecule has 2 unspecified atom stereocenters. The van der Waals surface area contributed by atoms with Gasteiger partial charge in [0.05, 0.1) is 0 Å². The number of aliphatic hydroxyl groups excluding tert-OH is 1. The molecule has 1 spiro atoms. The molecular formula is C14H22O4. The highest BCUT2D eigenvalue weighted by Gasteiger charge is 2.49. The Kier molecular flexibility index (Phi) is 4.29. The molecule has 1 heterocycles. The van der Waals surface area contributed by atoms with Crippen LogP contribution in [0.3, 0.4) is 0 Å². The SMILES string of the molecule is CC(O)C#CCOC1(C)COC2(CCCCC2)O1. The molecule has 4 heteroatoms. The van der Waals surface area contributed by atoms with E-state index < -0.39 is 17.7 Å². The zero-order valence-corrected chi connectivity index (χ0v) is 11.2. The van der Waals surface area contributed by atoms with E-state index in [0.29, 0.717) is 6.61 Å². The van der Waals surface area contributed by atoms with Crippen molar-refractivity contribution in [1.29, 1.82) is 0 Å². The minimum Gasteiger partial charge on any atom is -0.381 e. The van der Waals surface area contributed by atoms with Gasteiger partial charge in [0.25, 0.3) is 0 Å². The van der Waals surface area contributed by atoms with Crippen molar-refractivity contribution in [3.63, 3.8) is 0 Å². The molecule has 1 aliphatic carbocycles. The molecule has 0 aromatic rings. The summed E-state index contributed by atoms with van der Waals surface area (Å²) in [5.41, 5.74) is 0. The summed E-state index contributed by atoms with van der Waals surface area (Å²) in [7, 11) is 0. The van der Waals surface area contributed by atoms with Crippen molar-refractivity contribution in [1.82, 2.24) is 0 Å². The molecule has 0 bridgehead atoms. The maximum absolute atomic E-state index is 9.02. The van der Waals surface area contributed by atoms with Gasteiger partial charge in [-0.15, -0.1) is 0 Å². The zero-order chi connectivity index (χ0) is 13.1. The van der Waals surface area contributed by atoms with Crippen LogP contribution in [0.25, 0.3) is 0 Å². The van der Waals surface area contributed by atoms with Gasteiger partial charge in [-0.25, -0.2) is 0 Å². The highest BCUT2D eigenvalue weighted by Crippen LogP contribution is 2.41. The number of ether oxygens (including phenoxy) is 3. The number of hydrogen-bond acceptors (Lipinski definition) is 4. The number of aliphatic hydroxyl groups is 1. The van der Waals surface area contributed by atoms with Gasteiger partial charge >= 0.3 is 0 Å². The largest absolute Gasteiger partial charge is 0.381 e. The molecule has 2 aliphatic rings. The molecular weight excluding hydrogens is 232 g/mol. The van der Waals surface area contributed by atoms with E-state index in [1.54, 1.807) is 6.92 Å². The van der Waals surface area contributed by atoms with E-state index in [0.717, 1.165) is 25.7 Å². The summed E-state index contributed by atoms with van der Waals surface area (Å²) in [5.74, 6) is 4.28. The maximum atomic E-state index is 9.02. The van der Waals surface area contributed by atoms with E-state index in [9.17, 15) is 0 Å². The summed E-state index contributed by atoms with van der Waals surface area (Å²) in [6, 6.07) is 0. The van der Waals surface area contributed by atoms with Crippen LogP contribution >= 0.6 is 0 Å². The number of rotatable bonds is 2. The van der Waals surface area contributed by atoms with Crippen molar-refractivity contribution in [2.24, 2.45) is 0 Å². The topological polar surface area (TPSA) is 47.9 Å². The van der Waals surface area contributed by atoms with E-state index in [4.69, 9.17) is 19.3 Å². The van der Waals surface area contributed by atoms with E-state index in [2.05, 4.69) is 11.8 Å². The van der Waals surface area contributed by atoms with Crippen LogP contribution in [0, 0.1) is 11.8 Å². The van der Waals surface area contributed by atoms with Crippen molar-refractivity contribution in [3.8, 4) is 11.8 Å². The van der Waals surface area contributed by atoms with E-state index in [1.807, 2.05) is 6.92 Å². The van der Waals surface area contributed by atoms with Crippen LogP contribution in [0.1, 0.15) is 46.0 Å². The first-order valence-electron chi connectivity index (χ1n) is 6.68. The second-order valence-corrected chi connectivity index (χ2v) is 5.28. The minimum absolute atomic E-state index is 0.251. The molecule has 18 heavy (non-hydrogen) atoms. The summed E-state index contributed by atoms with van der Waals surface area (Å²) < 4.78 is 17.5. The van der Waals surface area contributed by atoms with Crippen LogP contribution in [0.5, 0.6) is 0 Å². The molecule has 0 amide bonds. The first-order chi connectivity index (χ1) is 8.54. The van der Waals surface area contributed by atoms with Gasteiger partial charge in [-0.2, -0.15) is 0 Å². The average Bonchev–Trinajstić information content (AvgIpc) is 2.64. The third-order valence-electron chi connectivity index (χ3n) is 3.38. The molecule has 2 atom stereocenters. The molecule has 2 rings (SSSR count). The fourth-order valence-corrected chi connectivity index (χ4v) is 2.50. The van der Waals surface area contributed by atoms with Crippen LogP contribution in [-0.2, 0) is 14.2 Å². The summed E-state index contributed by atoms with van der Waals surface area (Å²) in [6.45, 7) is 4.21. The van der Waals surface area contributed by atoms with Gasteiger partial charge in [-0.05, 0) is 26.7 Å². The molecule has 102 valence electrons. The van der Waals surface area contributed by atoms with Crippen molar-refractivity contribution >= 4 is 0 Å². The van der Waals surface area contributed by atoms with E-state index in [1.165, 1.54) is 6.42 Å². The Morgan fingerprint density at radius 3 is 2.72 bits per heavy atom. The normalized spacial score (nSPS) is 31.9. The highest BCUT2D eigenvalue weighted by molar-refractivity contribution is 5.03. The lowest BCUT2D eigenvalue weighted by Crippen LogP contribution is -2.38. The van der Waals surface area contributed by atoms with Crippen molar-refractivity contribution in [2.75, 3.05) is 13.2 Å². The zero-order valence-electron chi connectivity index (χ0n) is 11.2. The van der Waals surface area contributed by atoms with Crippen LogP contribution in [-0.4, -0.2) is 36.0 Å². The van der Waals surface area contributed by atoms with Crippen molar-refractivity contribution in [3.05, 3.63) is 0 Å². The monoisotopic (exact) mass is 254 g/mol. The molecule has 1 saturated carbocycles. The first kappa shape index (κ1) is 13.8. The van der Waals surface area contributed by atoms with Crippen LogP contribution in [0.2, 0.25) is 0 Å². The average molecular weight is 254 g/mol. The molecule has 1 N–H and O–H groups in total. The highest BCUT2D eigenvalue weighted by atomic mass is 16.8. The lowest BCUT2D eigenvalue weighted by molar-refractivity contribution is -0.262. The maximum Gasteiger partial charge on any atom is 0.193 e. The Labute approximate surface area is 109 Å². The van der Waals surface area contributed by atoms with Crippen molar-refractivity contribution < 1.29 is 19.3 Å². The van der Waals surface area contributed by atoms with E-state index in [-0.39, 0.29) is 6.61 Å². The summed E-state index contributed by atoms with van der Waals surface area (Å²) in [6.07, 6.45) is 4.84. The van der Waals surface area contributed by atoms with Gasteiger partial charge in [0.2, 0.25) is 0 Å². The Balaban J connectivity index is 1.84. The fourth-order valence-electron chi connectivity index (χ4n) is 2.50. The standard InChI is InChI=1S/C14H22O4/c1-12(15)7-6-10-16-13(2)11-17-14(18-13)8-4-3-5-9-14/h12,15H,3-5,8-11H2,1-2H3. The molecule has 2 fully saturated rings.